The van der Waals surface area contributed by atoms with Crippen molar-refractivity contribution in [1.82, 2.24) is 19.8 Å². The summed E-state index contributed by atoms with van der Waals surface area (Å²) in [7, 11) is 0. The summed E-state index contributed by atoms with van der Waals surface area (Å²) in [5, 5.41) is 9.15. The predicted octanol–water partition coefficient (Wildman–Crippen LogP) is 2.66. The van der Waals surface area contributed by atoms with Crippen molar-refractivity contribution >= 4 is 29.2 Å². The van der Waals surface area contributed by atoms with E-state index in [2.05, 4.69) is 20.2 Å². The first-order valence-electron chi connectivity index (χ1n) is 8.42. The quantitative estimate of drug-likeness (QED) is 0.858. The largest absolute Gasteiger partial charge is 0.338 e. The summed E-state index contributed by atoms with van der Waals surface area (Å²) in [5.41, 5.74) is 0.813. The van der Waals surface area contributed by atoms with Crippen LogP contribution in [-0.2, 0) is 0 Å². The Morgan fingerprint density at radius 1 is 1.31 bits per heavy atom. The number of hydrogen-bond acceptors (Lipinski definition) is 5. The number of nitrogens with zero attached hydrogens (tertiary/aromatic N) is 3. The zero-order valence-corrected chi connectivity index (χ0v) is 15.2. The maximum atomic E-state index is 13.5. The van der Waals surface area contributed by atoms with Gasteiger partial charge in [-0.3, -0.25) is 4.79 Å². The van der Waals surface area contributed by atoms with E-state index in [4.69, 9.17) is 0 Å². The Morgan fingerprint density at radius 3 is 2.69 bits per heavy atom. The lowest BCUT2D eigenvalue weighted by Gasteiger charge is -2.31. The number of anilines is 1. The molecule has 1 aliphatic rings. The van der Waals surface area contributed by atoms with Gasteiger partial charge < -0.3 is 15.5 Å². The molecule has 0 atom stereocenters. The number of halogens is 1. The maximum Gasteiger partial charge on any atom is 0.319 e. The van der Waals surface area contributed by atoms with E-state index >= 15 is 0 Å². The van der Waals surface area contributed by atoms with E-state index in [0.29, 0.717) is 30.2 Å². The predicted molar refractivity (Wildman–Crippen MR) is 96.7 cm³/mol. The number of para-hydroxylation sites is 1. The van der Waals surface area contributed by atoms with Gasteiger partial charge in [-0.1, -0.05) is 16.6 Å². The van der Waals surface area contributed by atoms with Gasteiger partial charge in [0.15, 0.2) is 0 Å². The van der Waals surface area contributed by atoms with Crippen LogP contribution in [0.3, 0.4) is 0 Å². The van der Waals surface area contributed by atoms with Crippen molar-refractivity contribution in [3.8, 4) is 0 Å². The molecule has 0 aliphatic carbocycles. The number of aromatic nitrogens is 2. The Morgan fingerprint density at radius 2 is 2.04 bits per heavy atom. The second-order valence-corrected chi connectivity index (χ2v) is 6.99. The molecule has 3 amide bonds. The molecule has 0 unspecified atom stereocenters. The van der Waals surface area contributed by atoms with Crippen LogP contribution in [0.5, 0.6) is 0 Å². The highest BCUT2D eigenvalue weighted by molar-refractivity contribution is 7.07. The molecule has 9 heteroatoms. The maximum absolute atomic E-state index is 13.5. The molecule has 138 valence electrons. The van der Waals surface area contributed by atoms with Crippen molar-refractivity contribution in [2.24, 2.45) is 5.92 Å². The third-order valence-electron chi connectivity index (χ3n) is 4.42. The molecule has 7 nitrogen and oxygen atoms in total. The number of nitrogens with one attached hydrogen (secondary N) is 2. The highest BCUT2D eigenvalue weighted by Crippen LogP contribution is 2.20. The molecular formula is C17H20FN5O2S. The number of likely N-dealkylation sites (tertiary alicyclic amines) is 1. The normalized spacial score (nSPS) is 14.9. The second kappa shape index (κ2) is 8.22. The van der Waals surface area contributed by atoms with Gasteiger partial charge in [0.1, 0.15) is 10.7 Å². The first-order chi connectivity index (χ1) is 12.5. The number of hydrogen-bond donors (Lipinski definition) is 2. The van der Waals surface area contributed by atoms with Crippen LogP contribution in [0, 0.1) is 18.7 Å². The van der Waals surface area contributed by atoms with Gasteiger partial charge in [0.25, 0.3) is 5.91 Å². The molecule has 0 bridgehead atoms. The van der Waals surface area contributed by atoms with E-state index in [1.54, 1.807) is 24.0 Å². The number of piperidine rings is 1. The van der Waals surface area contributed by atoms with Gasteiger partial charge in [0.2, 0.25) is 0 Å². The molecule has 1 aromatic heterocycles. The summed E-state index contributed by atoms with van der Waals surface area (Å²) < 4.78 is 17.3. The minimum Gasteiger partial charge on any atom is -0.338 e. The highest BCUT2D eigenvalue weighted by Gasteiger charge is 2.26. The van der Waals surface area contributed by atoms with Gasteiger partial charge in [-0.25, -0.2) is 9.18 Å². The Labute approximate surface area is 154 Å². The summed E-state index contributed by atoms with van der Waals surface area (Å²) in [4.78, 5) is 26.7. The number of benzene rings is 1. The number of rotatable bonds is 4. The van der Waals surface area contributed by atoms with E-state index < -0.39 is 11.8 Å². The van der Waals surface area contributed by atoms with E-state index in [-0.39, 0.29) is 17.5 Å². The molecule has 1 aliphatic heterocycles. The zero-order valence-electron chi connectivity index (χ0n) is 14.4. The number of aryl methyl sites for hydroxylation is 1. The Hall–Kier alpha value is -2.55. The smallest absolute Gasteiger partial charge is 0.319 e. The molecule has 0 spiro atoms. The summed E-state index contributed by atoms with van der Waals surface area (Å²) in [6.45, 7) is 3.54. The first kappa shape index (κ1) is 18.2. The van der Waals surface area contributed by atoms with Gasteiger partial charge in [-0.05, 0) is 49.3 Å². The molecule has 0 radical (unpaired) electrons. The molecular weight excluding hydrogens is 357 g/mol. The van der Waals surface area contributed by atoms with E-state index in [1.807, 2.05) is 0 Å². The average molecular weight is 377 g/mol. The molecule has 3 rings (SSSR count). The molecule has 1 aromatic carbocycles. The van der Waals surface area contributed by atoms with Crippen LogP contribution >= 0.6 is 11.5 Å². The van der Waals surface area contributed by atoms with Crippen molar-refractivity contribution in [3.63, 3.8) is 0 Å². The zero-order chi connectivity index (χ0) is 18.5. The number of carbonyl (C=O) groups is 2. The molecule has 0 saturated carbocycles. The molecule has 1 saturated heterocycles. The Balaban J connectivity index is 1.43. The van der Waals surface area contributed by atoms with Crippen LogP contribution in [0.2, 0.25) is 0 Å². The highest BCUT2D eigenvalue weighted by atomic mass is 32.1. The van der Waals surface area contributed by atoms with Gasteiger partial charge >= 0.3 is 6.03 Å². The third-order valence-corrected chi connectivity index (χ3v) is 5.24. The average Bonchev–Trinajstić information content (AvgIpc) is 3.08. The third kappa shape index (κ3) is 4.34. The molecule has 26 heavy (non-hydrogen) atoms. The first-order valence-corrected chi connectivity index (χ1v) is 9.19. The van der Waals surface area contributed by atoms with Crippen molar-refractivity contribution < 1.29 is 14.0 Å². The minimum atomic E-state index is -0.470. The van der Waals surface area contributed by atoms with Crippen molar-refractivity contribution in [1.29, 1.82) is 0 Å². The van der Waals surface area contributed by atoms with Gasteiger partial charge in [-0.15, -0.1) is 5.10 Å². The van der Waals surface area contributed by atoms with Gasteiger partial charge in [-0.2, -0.15) is 0 Å². The molecule has 2 aromatic rings. The van der Waals surface area contributed by atoms with Crippen LogP contribution in [0.25, 0.3) is 0 Å². The lowest BCUT2D eigenvalue weighted by Crippen LogP contribution is -2.42. The van der Waals surface area contributed by atoms with E-state index in [9.17, 15) is 14.0 Å². The fourth-order valence-corrected chi connectivity index (χ4v) is 3.50. The molecule has 2 heterocycles. The second-order valence-electron chi connectivity index (χ2n) is 6.24. The Kier molecular flexibility index (Phi) is 5.77. The lowest BCUT2D eigenvalue weighted by atomic mass is 9.96. The topological polar surface area (TPSA) is 87.2 Å². The van der Waals surface area contributed by atoms with Gasteiger partial charge in [0, 0.05) is 19.6 Å². The summed E-state index contributed by atoms with van der Waals surface area (Å²) in [5.74, 6) is -0.213. The monoisotopic (exact) mass is 377 g/mol. The van der Waals surface area contributed by atoms with Gasteiger partial charge in [0.05, 0.1) is 11.4 Å². The number of urea groups is 1. The van der Waals surface area contributed by atoms with Crippen LogP contribution in [0.1, 0.15) is 28.2 Å². The summed E-state index contributed by atoms with van der Waals surface area (Å²) in [6.07, 6.45) is 1.61. The van der Waals surface area contributed by atoms with Crippen LogP contribution in [-0.4, -0.2) is 46.1 Å². The van der Waals surface area contributed by atoms with Crippen LogP contribution < -0.4 is 10.6 Å². The SMILES string of the molecule is Cc1nnsc1C(=O)N1CCC(CNC(=O)Nc2ccccc2F)CC1. The minimum absolute atomic E-state index is 0.0267. The summed E-state index contributed by atoms with van der Waals surface area (Å²) in [6, 6.07) is 5.60. The molecule has 1 fully saturated rings. The number of amides is 3. The molecule has 2 N–H and O–H groups in total. The van der Waals surface area contributed by atoms with Crippen molar-refractivity contribution in [3.05, 3.63) is 40.7 Å². The number of carbonyl (C=O) groups excluding carboxylic acids is 2. The standard InChI is InChI=1S/C17H20FN5O2S/c1-11-15(26-22-21-11)16(24)23-8-6-12(7-9-23)10-19-17(25)20-14-5-3-2-4-13(14)18/h2-5,12H,6-10H2,1H3,(H2,19,20,25). The van der Waals surface area contributed by atoms with Crippen molar-refractivity contribution in [2.45, 2.75) is 19.8 Å². The fraction of sp³-hybridized carbons (Fsp3) is 0.412. The van der Waals surface area contributed by atoms with E-state index in [1.165, 1.54) is 12.1 Å². The van der Waals surface area contributed by atoms with Crippen LogP contribution in [0.15, 0.2) is 24.3 Å². The van der Waals surface area contributed by atoms with Crippen molar-refractivity contribution in [2.75, 3.05) is 25.0 Å². The lowest BCUT2D eigenvalue weighted by molar-refractivity contribution is 0.0694. The van der Waals surface area contributed by atoms with E-state index in [0.717, 1.165) is 24.4 Å². The van der Waals surface area contributed by atoms with Crippen LogP contribution in [0.4, 0.5) is 14.9 Å². The Bertz CT molecular complexity index is 789. The summed E-state index contributed by atoms with van der Waals surface area (Å²) >= 11 is 1.12. The fourth-order valence-electron chi connectivity index (χ4n) is 2.88.